The third-order valence-corrected chi connectivity index (χ3v) is 4.11. The summed E-state index contributed by atoms with van der Waals surface area (Å²) in [5.41, 5.74) is 0.606. The number of hydrogen-bond donors (Lipinski definition) is 1. The van der Waals surface area contributed by atoms with Crippen LogP contribution in [-0.4, -0.2) is 53.6 Å². The molecule has 0 bridgehead atoms. The van der Waals surface area contributed by atoms with Gasteiger partial charge in [-0.3, -0.25) is 0 Å². The molecule has 140 valence electrons. The first-order valence-electron chi connectivity index (χ1n) is 8.56. The second-order valence-corrected chi connectivity index (χ2v) is 5.78. The van der Waals surface area contributed by atoms with Crippen LogP contribution in [0, 0.1) is 5.82 Å². The van der Waals surface area contributed by atoms with Crippen molar-refractivity contribution in [1.29, 1.82) is 0 Å². The molecule has 26 heavy (non-hydrogen) atoms. The lowest BCUT2D eigenvalue weighted by Gasteiger charge is -2.36. The van der Waals surface area contributed by atoms with E-state index >= 15 is 0 Å². The second kappa shape index (κ2) is 10.2. The van der Waals surface area contributed by atoms with Gasteiger partial charge in [0, 0.05) is 50.7 Å². The Morgan fingerprint density at radius 1 is 1.12 bits per heavy atom. The number of rotatable bonds is 4. The molecule has 2 heterocycles. The van der Waals surface area contributed by atoms with Gasteiger partial charge in [0.25, 0.3) is 0 Å². The number of hydrogen-bond acceptors (Lipinski definition) is 4. The van der Waals surface area contributed by atoms with Crippen LogP contribution in [0.5, 0.6) is 0 Å². The highest BCUT2D eigenvalue weighted by molar-refractivity contribution is 14.0. The number of benzene rings is 1. The fraction of sp³-hybridized carbons (Fsp3) is 0.389. The van der Waals surface area contributed by atoms with Crippen LogP contribution in [0.4, 0.5) is 10.3 Å². The van der Waals surface area contributed by atoms with Gasteiger partial charge in [-0.05, 0) is 19.1 Å². The number of anilines is 1. The van der Waals surface area contributed by atoms with Crippen molar-refractivity contribution >= 4 is 35.9 Å². The van der Waals surface area contributed by atoms with Crippen molar-refractivity contribution in [2.45, 2.75) is 13.5 Å². The van der Waals surface area contributed by atoms with Crippen molar-refractivity contribution in [3.8, 4) is 0 Å². The van der Waals surface area contributed by atoms with Gasteiger partial charge in [0.05, 0.1) is 6.54 Å². The minimum atomic E-state index is -0.215. The molecule has 0 unspecified atom stereocenters. The lowest BCUT2D eigenvalue weighted by atomic mass is 10.2. The average Bonchev–Trinajstić information content (AvgIpc) is 2.67. The number of aromatic nitrogens is 2. The number of piperazine rings is 1. The van der Waals surface area contributed by atoms with Gasteiger partial charge in [-0.2, -0.15) is 0 Å². The van der Waals surface area contributed by atoms with Gasteiger partial charge in [-0.15, -0.1) is 24.0 Å². The average molecular weight is 470 g/mol. The summed E-state index contributed by atoms with van der Waals surface area (Å²) in [4.78, 5) is 17.6. The fourth-order valence-corrected chi connectivity index (χ4v) is 2.79. The topological polar surface area (TPSA) is 56.7 Å². The SMILES string of the molecule is CCNC(=NCc1ccccc1F)N1CCN(c2ncccn2)CC1.I. The molecule has 1 aromatic heterocycles. The summed E-state index contributed by atoms with van der Waals surface area (Å²) >= 11 is 0. The quantitative estimate of drug-likeness (QED) is 0.423. The summed E-state index contributed by atoms with van der Waals surface area (Å²) in [6, 6.07) is 8.58. The molecule has 3 rings (SSSR count). The molecule has 0 radical (unpaired) electrons. The minimum Gasteiger partial charge on any atom is -0.357 e. The lowest BCUT2D eigenvalue weighted by molar-refractivity contribution is 0.370. The Morgan fingerprint density at radius 3 is 2.46 bits per heavy atom. The zero-order chi connectivity index (χ0) is 17.5. The van der Waals surface area contributed by atoms with E-state index in [0.29, 0.717) is 12.1 Å². The number of aliphatic imine (C=N–C) groups is 1. The van der Waals surface area contributed by atoms with Crippen LogP contribution in [0.2, 0.25) is 0 Å². The maximum atomic E-state index is 13.8. The zero-order valence-electron chi connectivity index (χ0n) is 14.8. The molecule has 1 aromatic carbocycles. The molecule has 6 nitrogen and oxygen atoms in total. The predicted octanol–water partition coefficient (Wildman–Crippen LogP) is 2.52. The molecule has 0 spiro atoms. The van der Waals surface area contributed by atoms with Gasteiger partial charge in [0.15, 0.2) is 5.96 Å². The highest BCUT2D eigenvalue weighted by Gasteiger charge is 2.21. The van der Waals surface area contributed by atoms with Crippen molar-refractivity contribution in [3.05, 3.63) is 54.1 Å². The molecule has 8 heteroatoms. The monoisotopic (exact) mass is 470 g/mol. The maximum Gasteiger partial charge on any atom is 0.225 e. The lowest BCUT2D eigenvalue weighted by Crippen LogP contribution is -2.53. The zero-order valence-corrected chi connectivity index (χ0v) is 17.1. The van der Waals surface area contributed by atoms with Crippen LogP contribution in [0.3, 0.4) is 0 Å². The Morgan fingerprint density at radius 2 is 1.81 bits per heavy atom. The summed E-state index contributed by atoms with van der Waals surface area (Å²) in [5, 5.41) is 3.30. The molecule has 1 fully saturated rings. The number of guanidine groups is 1. The van der Waals surface area contributed by atoms with Crippen LogP contribution in [0.1, 0.15) is 12.5 Å². The van der Waals surface area contributed by atoms with Gasteiger partial charge in [-0.1, -0.05) is 18.2 Å². The van der Waals surface area contributed by atoms with E-state index in [1.54, 1.807) is 24.5 Å². The largest absolute Gasteiger partial charge is 0.357 e. The molecule has 0 atom stereocenters. The van der Waals surface area contributed by atoms with Crippen molar-refractivity contribution < 1.29 is 4.39 Å². The Balaban J connectivity index is 0.00000243. The van der Waals surface area contributed by atoms with Crippen molar-refractivity contribution in [2.75, 3.05) is 37.6 Å². The van der Waals surface area contributed by atoms with E-state index in [1.165, 1.54) is 6.07 Å². The van der Waals surface area contributed by atoms with Crippen LogP contribution < -0.4 is 10.2 Å². The molecule has 2 aromatic rings. The van der Waals surface area contributed by atoms with Gasteiger partial charge in [-0.25, -0.2) is 19.4 Å². The molecule has 1 saturated heterocycles. The molecular formula is C18H24FIN6. The number of nitrogens with zero attached hydrogens (tertiary/aromatic N) is 5. The van der Waals surface area contributed by atoms with Crippen LogP contribution in [-0.2, 0) is 6.54 Å². The first-order valence-corrected chi connectivity index (χ1v) is 8.56. The smallest absolute Gasteiger partial charge is 0.225 e. The normalized spacial score (nSPS) is 14.8. The van der Waals surface area contributed by atoms with E-state index in [1.807, 2.05) is 19.1 Å². The Labute approximate surface area is 170 Å². The summed E-state index contributed by atoms with van der Waals surface area (Å²) in [6.45, 7) is 6.44. The van der Waals surface area contributed by atoms with Gasteiger partial charge >= 0.3 is 0 Å². The fourth-order valence-electron chi connectivity index (χ4n) is 2.79. The molecular weight excluding hydrogens is 446 g/mol. The van der Waals surface area contributed by atoms with E-state index in [4.69, 9.17) is 0 Å². The Kier molecular flexibility index (Phi) is 8.02. The highest BCUT2D eigenvalue weighted by atomic mass is 127. The van der Waals surface area contributed by atoms with E-state index < -0.39 is 0 Å². The predicted molar refractivity (Wildman–Crippen MR) is 112 cm³/mol. The Bertz CT molecular complexity index is 704. The third-order valence-electron chi connectivity index (χ3n) is 4.11. The second-order valence-electron chi connectivity index (χ2n) is 5.78. The molecule has 1 aliphatic heterocycles. The van der Waals surface area contributed by atoms with Gasteiger partial charge in [0.2, 0.25) is 5.95 Å². The van der Waals surface area contributed by atoms with E-state index in [0.717, 1.165) is 44.6 Å². The van der Waals surface area contributed by atoms with Crippen LogP contribution >= 0.6 is 24.0 Å². The van der Waals surface area contributed by atoms with Crippen LogP contribution in [0.25, 0.3) is 0 Å². The number of halogens is 2. The summed E-state index contributed by atoms with van der Waals surface area (Å²) in [5.74, 6) is 1.36. The van der Waals surface area contributed by atoms with Crippen molar-refractivity contribution in [1.82, 2.24) is 20.2 Å². The third kappa shape index (κ3) is 5.26. The molecule has 1 aliphatic rings. The van der Waals surface area contributed by atoms with E-state index in [2.05, 4.69) is 30.1 Å². The van der Waals surface area contributed by atoms with Crippen LogP contribution in [0.15, 0.2) is 47.7 Å². The molecule has 1 N–H and O–H groups in total. The molecule has 0 saturated carbocycles. The van der Waals surface area contributed by atoms with Gasteiger partial charge < -0.3 is 15.1 Å². The first-order chi connectivity index (χ1) is 12.3. The van der Waals surface area contributed by atoms with E-state index in [9.17, 15) is 4.39 Å². The molecule has 0 amide bonds. The van der Waals surface area contributed by atoms with E-state index in [-0.39, 0.29) is 29.8 Å². The highest BCUT2D eigenvalue weighted by Crippen LogP contribution is 2.11. The van der Waals surface area contributed by atoms with Gasteiger partial charge in [0.1, 0.15) is 5.82 Å². The Hall–Kier alpha value is -1.97. The summed E-state index contributed by atoms with van der Waals surface area (Å²) in [6.07, 6.45) is 3.52. The summed E-state index contributed by atoms with van der Waals surface area (Å²) in [7, 11) is 0. The maximum absolute atomic E-state index is 13.8. The van der Waals surface area contributed by atoms with Crippen molar-refractivity contribution in [2.24, 2.45) is 4.99 Å². The first kappa shape index (κ1) is 20.3. The minimum absolute atomic E-state index is 0. The van der Waals surface area contributed by atoms with Crippen molar-refractivity contribution in [3.63, 3.8) is 0 Å². The molecule has 0 aliphatic carbocycles. The number of nitrogens with one attached hydrogen (secondary N) is 1. The summed E-state index contributed by atoms with van der Waals surface area (Å²) < 4.78 is 13.8. The standard InChI is InChI=1S/C18H23FN6.HI/c1-2-20-17(23-14-15-6-3-4-7-16(15)19)24-10-12-25(13-11-24)18-21-8-5-9-22-18;/h3-9H,2,10-14H2,1H3,(H,20,23);1H.